The molecule has 3 atom stereocenters. The van der Waals surface area contributed by atoms with Crippen molar-refractivity contribution in [3.8, 4) is 0 Å². The van der Waals surface area contributed by atoms with E-state index < -0.39 is 12.1 Å². The SMILES string of the molecule is FC(F)(F)C1CCCC(NCC2CCCCN2)C1. The molecule has 1 heterocycles. The minimum atomic E-state index is -4.01. The van der Waals surface area contributed by atoms with Crippen molar-refractivity contribution in [1.82, 2.24) is 10.6 Å². The molecule has 1 aliphatic heterocycles. The standard InChI is InChI=1S/C13H23F3N2/c14-13(15,16)10-4-3-6-11(8-10)18-9-12-5-1-2-7-17-12/h10-12,17-18H,1-9H2. The first-order chi connectivity index (χ1) is 8.55. The van der Waals surface area contributed by atoms with Crippen LogP contribution in [0.4, 0.5) is 13.2 Å². The lowest BCUT2D eigenvalue weighted by molar-refractivity contribution is -0.183. The maximum absolute atomic E-state index is 12.7. The van der Waals surface area contributed by atoms with E-state index in [-0.39, 0.29) is 12.5 Å². The summed E-state index contributed by atoms with van der Waals surface area (Å²) in [6.07, 6.45) is 1.73. The van der Waals surface area contributed by atoms with E-state index in [0.717, 1.165) is 25.9 Å². The number of alkyl halides is 3. The molecule has 0 aromatic carbocycles. The molecule has 0 aromatic rings. The van der Waals surface area contributed by atoms with Crippen LogP contribution < -0.4 is 10.6 Å². The van der Waals surface area contributed by atoms with Gasteiger partial charge >= 0.3 is 6.18 Å². The molecule has 2 nitrogen and oxygen atoms in total. The molecule has 0 aromatic heterocycles. The fourth-order valence-corrected chi connectivity index (χ4v) is 3.08. The number of hydrogen-bond acceptors (Lipinski definition) is 2. The van der Waals surface area contributed by atoms with Crippen LogP contribution in [0.2, 0.25) is 0 Å². The molecule has 2 aliphatic rings. The normalized spacial score (nSPS) is 34.5. The third kappa shape index (κ3) is 4.12. The average molecular weight is 264 g/mol. The van der Waals surface area contributed by atoms with E-state index in [2.05, 4.69) is 10.6 Å². The molecule has 18 heavy (non-hydrogen) atoms. The average Bonchev–Trinajstić information content (AvgIpc) is 2.37. The lowest BCUT2D eigenvalue weighted by Crippen LogP contribution is -2.46. The van der Waals surface area contributed by atoms with Gasteiger partial charge in [-0.05, 0) is 38.6 Å². The van der Waals surface area contributed by atoms with Gasteiger partial charge < -0.3 is 10.6 Å². The first kappa shape index (κ1) is 14.1. The fourth-order valence-electron chi connectivity index (χ4n) is 3.08. The molecule has 5 heteroatoms. The van der Waals surface area contributed by atoms with Gasteiger partial charge in [0, 0.05) is 18.6 Å². The minimum Gasteiger partial charge on any atom is -0.313 e. The zero-order valence-corrected chi connectivity index (χ0v) is 10.7. The molecule has 2 rings (SSSR count). The van der Waals surface area contributed by atoms with Gasteiger partial charge in [-0.2, -0.15) is 13.2 Å². The second kappa shape index (κ2) is 6.24. The topological polar surface area (TPSA) is 24.1 Å². The minimum absolute atomic E-state index is 0.0501. The van der Waals surface area contributed by atoms with Crippen molar-refractivity contribution in [3.05, 3.63) is 0 Å². The van der Waals surface area contributed by atoms with Crippen LogP contribution >= 0.6 is 0 Å². The van der Waals surface area contributed by atoms with E-state index in [1.807, 2.05) is 0 Å². The van der Waals surface area contributed by atoms with E-state index in [9.17, 15) is 13.2 Å². The van der Waals surface area contributed by atoms with E-state index in [0.29, 0.717) is 18.9 Å². The summed E-state index contributed by atoms with van der Waals surface area (Å²) in [6, 6.07) is 0.499. The number of piperidine rings is 1. The van der Waals surface area contributed by atoms with Crippen molar-refractivity contribution in [2.45, 2.75) is 63.2 Å². The van der Waals surface area contributed by atoms with Crippen molar-refractivity contribution >= 4 is 0 Å². The van der Waals surface area contributed by atoms with E-state index in [1.165, 1.54) is 12.8 Å². The summed E-state index contributed by atoms with van der Waals surface area (Å²) in [6.45, 7) is 1.86. The van der Waals surface area contributed by atoms with Crippen LogP contribution in [0.5, 0.6) is 0 Å². The maximum atomic E-state index is 12.7. The highest BCUT2D eigenvalue weighted by molar-refractivity contribution is 4.84. The lowest BCUT2D eigenvalue weighted by atomic mass is 9.85. The fraction of sp³-hybridized carbons (Fsp3) is 1.00. The van der Waals surface area contributed by atoms with Crippen LogP contribution in [-0.2, 0) is 0 Å². The van der Waals surface area contributed by atoms with Gasteiger partial charge in [0.25, 0.3) is 0 Å². The first-order valence-electron chi connectivity index (χ1n) is 7.09. The van der Waals surface area contributed by atoms with Crippen LogP contribution in [0.25, 0.3) is 0 Å². The van der Waals surface area contributed by atoms with Gasteiger partial charge in [-0.3, -0.25) is 0 Å². The molecule has 2 N–H and O–H groups in total. The second-order valence-corrected chi connectivity index (χ2v) is 5.66. The molecule has 0 radical (unpaired) electrons. The predicted octanol–water partition coefficient (Wildman–Crippen LogP) is 2.84. The summed E-state index contributed by atoms with van der Waals surface area (Å²) in [7, 11) is 0. The lowest BCUT2D eigenvalue weighted by Gasteiger charge is -2.33. The quantitative estimate of drug-likeness (QED) is 0.819. The van der Waals surface area contributed by atoms with E-state index >= 15 is 0 Å². The Morgan fingerprint density at radius 1 is 1.06 bits per heavy atom. The Balaban J connectivity index is 1.72. The molecule has 0 spiro atoms. The summed E-state index contributed by atoms with van der Waals surface area (Å²) in [5.41, 5.74) is 0. The van der Waals surface area contributed by atoms with Crippen molar-refractivity contribution in [3.63, 3.8) is 0 Å². The van der Waals surface area contributed by atoms with Crippen molar-refractivity contribution in [2.24, 2.45) is 5.92 Å². The van der Waals surface area contributed by atoms with E-state index in [4.69, 9.17) is 0 Å². The molecular weight excluding hydrogens is 241 g/mol. The van der Waals surface area contributed by atoms with Gasteiger partial charge in [-0.1, -0.05) is 12.8 Å². The summed E-state index contributed by atoms with van der Waals surface area (Å²) < 4.78 is 38.0. The Hall–Kier alpha value is -0.290. The molecule has 0 amide bonds. The van der Waals surface area contributed by atoms with Crippen LogP contribution in [-0.4, -0.2) is 31.3 Å². The highest BCUT2D eigenvalue weighted by Gasteiger charge is 2.42. The Morgan fingerprint density at radius 3 is 2.56 bits per heavy atom. The molecule has 1 saturated carbocycles. The molecule has 3 unspecified atom stereocenters. The van der Waals surface area contributed by atoms with E-state index in [1.54, 1.807) is 0 Å². The van der Waals surface area contributed by atoms with Crippen molar-refractivity contribution in [2.75, 3.05) is 13.1 Å². The van der Waals surface area contributed by atoms with Crippen molar-refractivity contribution in [1.29, 1.82) is 0 Å². The number of rotatable bonds is 3. The molecular formula is C13H23F3N2. The Morgan fingerprint density at radius 2 is 1.89 bits per heavy atom. The van der Waals surface area contributed by atoms with Crippen LogP contribution in [0, 0.1) is 5.92 Å². The monoisotopic (exact) mass is 264 g/mol. The molecule has 0 bridgehead atoms. The van der Waals surface area contributed by atoms with Crippen LogP contribution in [0.1, 0.15) is 44.9 Å². The highest BCUT2D eigenvalue weighted by atomic mass is 19.4. The summed E-state index contributed by atoms with van der Waals surface area (Å²) in [4.78, 5) is 0. The Labute approximate surface area is 107 Å². The molecule has 1 saturated heterocycles. The van der Waals surface area contributed by atoms with Crippen molar-refractivity contribution < 1.29 is 13.2 Å². The van der Waals surface area contributed by atoms with Gasteiger partial charge in [0.2, 0.25) is 0 Å². The second-order valence-electron chi connectivity index (χ2n) is 5.66. The summed E-state index contributed by atoms with van der Waals surface area (Å²) >= 11 is 0. The van der Waals surface area contributed by atoms with Gasteiger partial charge in [0.05, 0.1) is 5.92 Å². The van der Waals surface area contributed by atoms with Crippen LogP contribution in [0.3, 0.4) is 0 Å². The summed E-state index contributed by atoms with van der Waals surface area (Å²) in [5.74, 6) is -1.09. The van der Waals surface area contributed by atoms with Gasteiger partial charge in [0.1, 0.15) is 0 Å². The Kier molecular flexibility index (Phi) is 4.90. The predicted molar refractivity (Wildman–Crippen MR) is 65.4 cm³/mol. The zero-order chi connectivity index (χ0) is 13.0. The smallest absolute Gasteiger partial charge is 0.313 e. The van der Waals surface area contributed by atoms with Gasteiger partial charge in [-0.15, -0.1) is 0 Å². The summed E-state index contributed by atoms with van der Waals surface area (Å²) in [5, 5.41) is 6.75. The number of nitrogens with one attached hydrogen (secondary N) is 2. The Bertz CT molecular complexity index is 249. The molecule has 1 aliphatic carbocycles. The number of halogens is 3. The molecule has 106 valence electrons. The van der Waals surface area contributed by atoms with Crippen LogP contribution in [0.15, 0.2) is 0 Å². The first-order valence-corrected chi connectivity index (χ1v) is 7.09. The zero-order valence-electron chi connectivity index (χ0n) is 10.7. The number of hydrogen-bond donors (Lipinski definition) is 2. The highest BCUT2D eigenvalue weighted by Crippen LogP contribution is 2.37. The van der Waals surface area contributed by atoms with Gasteiger partial charge in [-0.25, -0.2) is 0 Å². The van der Waals surface area contributed by atoms with Gasteiger partial charge in [0.15, 0.2) is 0 Å². The third-order valence-electron chi connectivity index (χ3n) is 4.20. The molecule has 2 fully saturated rings. The maximum Gasteiger partial charge on any atom is 0.391 e. The third-order valence-corrected chi connectivity index (χ3v) is 4.20. The largest absolute Gasteiger partial charge is 0.391 e.